The molecule has 0 radical (unpaired) electrons. The smallest absolute Gasteiger partial charge is 0.216 e. The number of nitrogens with one attached hydrogen (secondary N) is 1. The average Bonchev–Trinajstić information content (AvgIpc) is 2.28. The first-order chi connectivity index (χ1) is 7.69. The molecule has 0 atom stereocenters. The summed E-state index contributed by atoms with van der Waals surface area (Å²) in [6.45, 7) is 1.92. The molecule has 2 aromatic heterocycles. The van der Waals surface area contributed by atoms with Gasteiger partial charge in [-0.25, -0.2) is 15.0 Å². The van der Waals surface area contributed by atoms with E-state index in [0.717, 1.165) is 5.69 Å². The molecule has 6 heteroatoms. The minimum Gasteiger partial charge on any atom is -0.481 e. The summed E-state index contributed by atoms with van der Waals surface area (Å²) in [5, 5.41) is 0. The first kappa shape index (κ1) is 10.7. The fraction of sp³-hybridized carbons (Fsp3) is 0.200. The minimum atomic E-state index is 0.493. The van der Waals surface area contributed by atoms with E-state index in [4.69, 9.17) is 17.0 Å². The Kier molecular flexibility index (Phi) is 2.91. The lowest BCUT2D eigenvalue weighted by molar-refractivity contribution is 0.397. The minimum absolute atomic E-state index is 0.493. The summed E-state index contributed by atoms with van der Waals surface area (Å²) in [6.07, 6.45) is 1.43. The zero-order valence-electron chi connectivity index (χ0n) is 8.89. The van der Waals surface area contributed by atoms with Crippen LogP contribution in [0.1, 0.15) is 5.69 Å². The van der Waals surface area contributed by atoms with E-state index in [9.17, 15) is 0 Å². The molecule has 0 fully saturated rings. The molecule has 0 saturated heterocycles. The Hall–Kier alpha value is -1.82. The second-order valence-corrected chi connectivity index (χ2v) is 3.61. The Morgan fingerprint density at radius 1 is 1.31 bits per heavy atom. The molecule has 16 heavy (non-hydrogen) atoms. The molecule has 5 nitrogen and oxygen atoms in total. The number of rotatable bonds is 2. The molecule has 2 heterocycles. The van der Waals surface area contributed by atoms with Crippen LogP contribution in [0.15, 0.2) is 18.5 Å². The summed E-state index contributed by atoms with van der Waals surface area (Å²) >= 11 is 5.04. The highest BCUT2D eigenvalue weighted by Gasteiger charge is 2.04. The van der Waals surface area contributed by atoms with Crippen molar-refractivity contribution in [2.24, 2.45) is 0 Å². The molecule has 0 bridgehead atoms. The standard InChI is InChI=1S/C10H10N4OS/c1-6-3-9(16)14-10(13-6)7-4-8(15-2)12-5-11-7/h3-5H,1-2H3,(H,13,14,16). The predicted molar refractivity (Wildman–Crippen MR) is 61.7 cm³/mol. The van der Waals surface area contributed by atoms with Crippen molar-refractivity contribution in [2.75, 3.05) is 7.11 Å². The van der Waals surface area contributed by atoms with Gasteiger partial charge in [-0.2, -0.15) is 0 Å². The van der Waals surface area contributed by atoms with E-state index in [0.29, 0.717) is 22.0 Å². The largest absolute Gasteiger partial charge is 0.481 e. The Balaban J connectivity index is 2.53. The highest BCUT2D eigenvalue weighted by molar-refractivity contribution is 7.71. The molecular weight excluding hydrogens is 224 g/mol. The topological polar surface area (TPSA) is 63.7 Å². The van der Waals surface area contributed by atoms with Crippen LogP contribution in [0, 0.1) is 11.6 Å². The maximum Gasteiger partial charge on any atom is 0.216 e. The zero-order valence-corrected chi connectivity index (χ0v) is 9.71. The second-order valence-electron chi connectivity index (χ2n) is 3.20. The lowest BCUT2D eigenvalue weighted by Gasteiger charge is -2.03. The number of nitrogens with zero attached hydrogens (tertiary/aromatic N) is 3. The SMILES string of the molecule is COc1cc(-c2nc(=S)cc(C)[nH]2)ncn1. The Morgan fingerprint density at radius 3 is 2.81 bits per heavy atom. The number of aryl methyl sites for hydroxylation is 1. The fourth-order valence-electron chi connectivity index (χ4n) is 1.28. The highest BCUT2D eigenvalue weighted by atomic mass is 32.1. The van der Waals surface area contributed by atoms with E-state index in [1.807, 2.05) is 6.92 Å². The van der Waals surface area contributed by atoms with Gasteiger partial charge in [0.1, 0.15) is 16.7 Å². The second kappa shape index (κ2) is 4.36. The summed E-state index contributed by atoms with van der Waals surface area (Å²) < 4.78 is 5.55. The summed E-state index contributed by atoms with van der Waals surface area (Å²) in [5.41, 5.74) is 1.59. The molecule has 0 unspecified atom stereocenters. The number of aromatic amines is 1. The van der Waals surface area contributed by atoms with E-state index >= 15 is 0 Å². The van der Waals surface area contributed by atoms with E-state index in [2.05, 4.69) is 19.9 Å². The van der Waals surface area contributed by atoms with Gasteiger partial charge in [0.05, 0.1) is 7.11 Å². The van der Waals surface area contributed by atoms with Crippen LogP contribution in [-0.4, -0.2) is 27.0 Å². The first-order valence-corrected chi connectivity index (χ1v) is 5.04. The lowest BCUT2D eigenvalue weighted by Crippen LogP contribution is -1.96. The number of ether oxygens (including phenoxy) is 1. The van der Waals surface area contributed by atoms with Gasteiger partial charge >= 0.3 is 0 Å². The summed E-state index contributed by atoms with van der Waals surface area (Å²) in [4.78, 5) is 15.3. The number of aromatic nitrogens is 4. The van der Waals surface area contributed by atoms with Gasteiger partial charge in [-0.05, 0) is 13.0 Å². The van der Waals surface area contributed by atoms with Crippen molar-refractivity contribution in [3.05, 3.63) is 28.8 Å². The number of hydrogen-bond donors (Lipinski definition) is 1. The molecule has 1 N–H and O–H groups in total. The summed E-state index contributed by atoms with van der Waals surface area (Å²) in [5.74, 6) is 1.11. The highest BCUT2D eigenvalue weighted by Crippen LogP contribution is 2.15. The molecular formula is C10H10N4OS. The fourth-order valence-corrected chi connectivity index (χ4v) is 1.55. The normalized spacial score (nSPS) is 10.1. The van der Waals surface area contributed by atoms with Crippen LogP contribution in [0.4, 0.5) is 0 Å². The van der Waals surface area contributed by atoms with Crippen molar-refractivity contribution in [3.8, 4) is 17.4 Å². The summed E-state index contributed by atoms with van der Waals surface area (Å²) in [7, 11) is 1.55. The summed E-state index contributed by atoms with van der Waals surface area (Å²) in [6, 6.07) is 3.49. The molecule has 2 rings (SSSR count). The maximum atomic E-state index is 5.04. The molecule has 0 aliphatic carbocycles. The van der Waals surface area contributed by atoms with Crippen molar-refractivity contribution in [1.29, 1.82) is 0 Å². The molecule has 0 aromatic carbocycles. The molecule has 0 saturated carbocycles. The van der Waals surface area contributed by atoms with Crippen molar-refractivity contribution < 1.29 is 4.74 Å². The third-order valence-corrected chi connectivity index (χ3v) is 2.18. The van der Waals surface area contributed by atoms with Gasteiger partial charge in [-0.3, -0.25) is 0 Å². The van der Waals surface area contributed by atoms with Gasteiger partial charge < -0.3 is 9.72 Å². The van der Waals surface area contributed by atoms with E-state index in [-0.39, 0.29) is 0 Å². The Bertz CT molecular complexity index is 567. The van der Waals surface area contributed by atoms with Crippen LogP contribution >= 0.6 is 12.2 Å². The molecule has 82 valence electrons. The van der Waals surface area contributed by atoms with E-state index in [1.54, 1.807) is 19.2 Å². The first-order valence-electron chi connectivity index (χ1n) is 4.63. The third-order valence-electron chi connectivity index (χ3n) is 1.97. The molecule has 0 aliphatic rings. The van der Waals surface area contributed by atoms with Gasteiger partial charge in [0, 0.05) is 11.8 Å². The molecule has 0 amide bonds. The monoisotopic (exact) mass is 234 g/mol. The molecule has 0 aliphatic heterocycles. The van der Waals surface area contributed by atoms with Crippen LogP contribution in [0.2, 0.25) is 0 Å². The van der Waals surface area contributed by atoms with Gasteiger partial charge in [0.2, 0.25) is 5.88 Å². The van der Waals surface area contributed by atoms with Gasteiger partial charge in [0.15, 0.2) is 5.82 Å². The maximum absolute atomic E-state index is 5.04. The van der Waals surface area contributed by atoms with Crippen LogP contribution in [0.25, 0.3) is 11.5 Å². The van der Waals surface area contributed by atoms with Gasteiger partial charge in [0.25, 0.3) is 0 Å². The Labute approximate surface area is 97.6 Å². The molecule has 2 aromatic rings. The van der Waals surface area contributed by atoms with E-state index < -0.39 is 0 Å². The third kappa shape index (κ3) is 2.22. The van der Waals surface area contributed by atoms with E-state index in [1.165, 1.54) is 6.33 Å². The van der Waals surface area contributed by atoms with Gasteiger partial charge in [-0.15, -0.1) is 0 Å². The van der Waals surface area contributed by atoms with Crippen LogP contribution in [0.3, 0.4) is 0 Å². The number of H-pyrrole nitrogens is 1. The van der Waals surface area contributed by atoms with Crippen LogP contribution in [-0.2, 0) is 0 Å². The van der Waals surface area contributed by atoms with Crippen molar-refractivity contribution >= 4 is 12.2 Å². The Morgan fingerprint density at radius 2 is 2.12 bits per heavy atom. The van der Waals surface area contributed by atoms with Gasteiger partial charge in [-0.1, -0.05) is 12.2 Å². The van der Waals surface area contributed by atoms with Crippen molar-refractivity contribution in [2.45, 2.75) is 6.92 Å². The van der Waals surface area contributed by atoms with Crippen LogP contribution in [0.5, 0.6) is 5.88 Å². The predicted octanol–water partition coefficient (Wildman–Crippen LogP) is 1.91. The van der Waals surface area contributed by atoms with Crippen LogP contribution < -0.4 is 4.74 Å². The van der Waals surface area contributed by atoms with Crippen molar-refractivity contribution in [3.63, 3.8) is 0 Å². The number of methoxy groups -OCH3 is 1. The average molecular weight is 234 g/mol. The molecule has 0 spiro atoms. The quantitative estimate of drug-likeness (QED) is 0.804. The number of hydrogen-bond acceptors (Lipinski definition) is 5. The van der Waals surface area contributed by atoms with Crippen molar-refractivity contribution in [1.82, 2.24) is 19.9 Å². The zero-order chi connectivity index (χ0) is 11.5. The lowest BCUT2D eigenvalue weighted by atomic mass is 10.3.